The van der Waals surface area contributed by atoms with Crippen LogP contribution < -0.4 is 4.90 Å². The number of rotatable bonds is 1. The summed E-state index contributed by atoms with van der Waals surface area (Å²) in [7, 11) is 0. The van der Waals surface area contributed by atoms with E-state index in [0.717, 1.165) is 6.54 Å². The molecule has 1 aromatic heterocycles. The van der Waals surface area contributed by atoms with Crippen molar-refractivity contribution in [1.29, 1.82) is 0 Å². The minimum Gasteiger partial charge on any atom is -0.345 e. The lowest BCUT2D eigenvalue weighted by atomic mass is 10.2. The van der Waals surface area contributed by atoms with Gasteiger partial charge in [-0.3, -0.25) is 4.98 Å². The zero-order valence-corrected chi connectivity index (χ0v) is 8.12. The molecule has 0 fully saturated rings. The summed E-state index contributed by atoms with van der Waals surface area (Å²) in [6.07, 6.45) is 4.88. The van der Waals surface area contributed by atoms with Crippen LogP contribution in [0.4, 0.5) is 5.69 Å². The van der Waals surface area contributed by atoms with Crippen molar-refractivity contribution >= 4 is 5.69 Å². The molecule has 0 saturated heterocycles. The molecule has 2 nitrogen and oxygen atoms in total. The molecule has 68 valence electrons. The van der Waals surface area contributed by atoms with Crippen LogP contribution in [-0.4, -0.2) is 11.5 Å². The fraction of sp³-hybridized carbons (Fsp3) is 0.364. The molecular weight excluding hydrogens is 160 g/mol. The third kappa shape index (κ3) is 1.44. The smallest absolute Gasteiger partial charge is 0.0439 e. The van der Waals surface area contributed by atoms with Gasteiger partial charge in [-0.25, -0.2) is 0 Å². The highest BCUT2D eigenvalue weighted by molar-refractivity contribution is 5.53. The van der Waals surface area contributed by atoms with Crippen LogP contribution in [0.5, 0.6) is 0 Å². The molecule has 2 rings (SSSR count). The van der Waals surface area contributed by atoms with Crippen molar-refractivity contribution in [3.8, 4) is 0 Å². The predicted octanol–water partition coefficient (Wildman–Crippen LogP) is 2.59. The van der Waals surface area contributed by atoms with Crippen molar-refractivity contribution in [1.82, 2.24) is 4.98 Å². The van der Waals surface area contributed by atoms with Crippen LogP contribution >= 0.6 is 0 Å². The number of nitrogens with zero attached hydrogens (tertiary/aromatic N) is 2. The van der Waals surface area contributed by atoms with Gasteiger partial charge in [0.05, 0.1) is 0 Å². The highest BCUT2D eigenvalue weighted by Crippen LogP contribution is 2.27. The van der Waals surface area contributed by atoms with Crippen molar-refractivity contribution in [2.24, 2.45) is 0 Å². The number of allylic oxidation sites excluding steroid dienone is 1. The molecule has 1 aliphatic rings. The van der Waals surface area contributed by atoms with Crippen LogP contribution in [0.2, 0.25) is 0 Å². The first-order chi connectivity index (χ1) is 6.29. The van der Waals surface area contributed by atoms with Crippen LogP contribution in [0.15, 0.2) is 35.8 Å². The maximum Gasteiger partial charge on any atom is 0.0439 e. The Bertz CT molecular complexity index is 327. The van der Waals surface area contributed by atoms with Gasteiger partial charge in [0.15, 0.2) is 0 Å². The maximum absolute atomic E-state index is 4.02. The average molecular weight is 174 g/mol. The molecule has 0 unspecified atom stereocenters. The third-order valence-electron chi connectivity index (χ3n) is 2.71. The Morgan fingerprint density at radius 3 is 2.46 bits per heavy atom. The Kier molecular flexibility index (Phi) is 2.05. The molecule has 13 heavy (non-hydrogen) atoms. The molecule has 0 N–H and O–H groups in total. The summed E-state index contributed by atoms with van der Waals surface area (Å²) >= 11 is 0. The second-order valence-corrected chi connectivity index (χ2v) is 3.47. The first kappa shape index (κ1) is 8.30. The number of hydrogen-bond acceptors (Lipinski definition) is 2. The summed E-state index contributed by atoms with van der Waals surface area (Å²) in [5.41, 5.74) is 4.15. The predicted molar refractivity (Wildman–Crippen MR) is 54.6 cm³/mol. The van der Waals surface area contributed by atoms with Crippen LogP contribution in [-0.2, 0) is 0 Å². The summed E-state index contributed by atoms with van der Waals surface area (Å²) in [4.78, 5) is 6.36. The van der Waals surface area contributed by atoms with Crippen LogP contribution in [0.1, 0.15) is 20.3 Å². The molecule has 0 aliphatic carbocycles. The number of anilines is 1. The normalized spacial score (nSPS) is 16.9. The Hall–Kier alpha value is -1.31. The average Bonchev–Trinajstić information content (AvgIpc) is 2.49. The fourth-order valence-corrected chi connectivity index (χ4v) is 1.71. The summed E-state index contributed by atoms with van der Waals surface area (Å²) in [5, 5.41) is 0. The minimum absolute atomic E-state index is 1.11. The summed E-state index contributed by atoms with van der Waals surface area (Å²) in [5.74, 6) is 0. The Labute approximate surface area is 78.9 Å². The van der Waals surface area contributed by atoms with Crippen LogP contribution in [0, 0.1) is 0 Å². The topological polar surface area (TPSA) is 16.1 Å². The molecule has 0 radical (unpaired) electrons. The third-order valence-corrected chi connectivity index (χ3v) is 2.71. The zero-order chi connectivity index (χ0) is 9.26. The van der Waals surface area contributed by atoms with Gasteiger partial charge < -0.3 is 4.90 Å². The zero-order valence-electron chi connectivity index (χ0n) is 8.12. The van der Waals surface area contributed by atoms with Gasteiger partial charge in [0.2, 0.25) is 0 Å². The van der Waals surface area contributed by atoms with E-state index in [4.69, 9.17) is 0 Å². The lowest BCUT2D eigenvalue weighted by Gasteiger charge is -2.19. The van der Waals surface area contributed by atoms with E-state index in [1.54, 1.807) is 0 Å². The standard InChI is InChI=1S/C11H14N2/c1-9-5-8-13(10(9)2)11-3-6-12-7-4-11/h3-4,6-7H,5,8H2,1-2H3. The Morgan fingerprint density at radius 1 is 1.23 bits per heavy atom. The molecule has 2 heteroatoms. The quantitative estimate of drug-likeness (QED) is 0.650. The van der Waals surface area contributed by atoms with E-state index in [1.807, 2.05) is 12.4 Å². The highest BCUT2D eigenvalue weighted by Gasteiger charge is 2.16. The minimum atomic E-state index is 1.11. The van der Waals surface area contributed by atoms with Crippen molar-refractivity contribution in [3.63, 3.8) is 0 Å². The van der Waals surface area contributed by atoms with Crippen molar-refractivity contribution in [3.05, 3.63) is 35.8 Å². The number of hydrogen-bond donors (Lipinski definition) is 0. The Balaban J connectivity index is 2.30. The monoisotopic (exact) mass is 174 g/mol. The first-order valence-corrected chi connectivity index (χ1v) is 4.63. The molecule has 0 amide bonds. The Morgan fingerprint density at radius 2 is 1.92 bits per heavy atom. The van der Waals surface area contributed by atoms with Crippen molar-refractivity contribution < 1.29 is 0 Å². The molecule has 0 spiro atoms. The number of aromatic nitrogens is 1. The molecule has 2 heterocycles. The summed E-state index contributed by atoms with van der Waals surface area (Å²) in [6.45, 7) is 5.50. The summed E-state index contributed by atoms with van der Waals surface area (Å²) in [6, 6.07) is 4.12. The SMILES string of the molecule is CC1=C(C)N(c2ccncc2)CC1. The van der Waals surface area contributed by atoms with E-state index in [0.29, 0.717) is 0 Å². The highest BCUT2D eigenvalue weighted by atomic mass is 15.2. The van der Waals surface area contributed by atoms with Crippen molar-refractivity contribution in [2.75, 3.05) is 11.4 Å². The van der Waals surface area contributed by atoms with Gasteiger partial charge >= 0.3 is 0 Å². The molecule has 0 saturated carbocycles. The molecule has 0 atom stereocenters. The first-order valence-electron chi connectivity index (χ1n) is 4.63. The fourth-order valence-electron chi connectivity index (χ4n) is 1.71. The van der Waals surface area contributed by atoms with E-state index < -0.39 is 0 Å². The van der Waals surface area contributed by atoms with Gasteiger partial charge in [-0.2, -0.15) is 0 Å². The van der Waals surface area contributed by atoms with Gasteiger partial charge in [0.1, 0.15) is 0 Å². The largest absolute Gasteiger partial charge is 0.345 e. The van der Waals surface area contributed by atoms with Gasteiger partial charge in [-0.15, -0.1) is 0 Å². The molecule has 1 aliphatic heterocycles. The number of pyridine rings is 1. The maximum atomic E-state index is 4.02. The van der Waals surface area contributed by atoms with Gasteiger partial charge in [0, 0.05) is 30.3 Å². The lowest BCUT2D eigenvalue weighted by Crippen LogP contribution is -2.16. The van der Waals surface area contributed by atoms with Gasteiger partial charge in [-0.1, -0.05) is 5.57 Å². The van der Waals surface area contributed by atoms with Gasteiger partial charge in [0.25, 0.3) is 0 Å². The lowest BCUT2D eigenvalue weighted by molar-refractivity contribution is 0.956. The molecule has 0 aromatic carbocycles. The van der Waals surface area contributed by atoms with E-state index >= 15 is 0 Å². The van der Waals surface area contributed by atoms with Crippen LogP contribution in [0.3, 0.4) is 0 Å². The molecular formula is C11H14N2. The molecule has 1 aromatic rings. The van der Waals surface area contributed by atoms with Gasteiger partial charge in [-0.05, 0) is 32.4 Å². The van der Waals surface area contributed by atoms with E-state index in [-0.39, 0.29) is 0 Å². The van der Waals surface area contributed by atoms with E-state index in [9.17, 15) is 0 Å². The summed E-state index contributed by atoms with van der Waals surface area (Å²) < 4.78 is 0. The molecule has 0 bridgehead atoms. The second kappa shape index (κ2) is 3.21. The second-order valence-electron chi connectivity index (χ2n) is 3.47. The van der Waals surface area contributed by atoms with Crippen molar-refractivity contribution in [2.45, 2.75) is 20.3 Å². The van der Waals surface area contributed by atoms with E-state index in [2.05, 4.69) is 35.9 Å². The van der Waals surface area contributed by atoms with E-state index in [1.165, 1.54) is 23.4 Å². The van der Waals surface area contributed by atoms with Crippen LogP contribution in [0.25, 0.3) is 0 Å².